The van der Waals surface area contributed by atoms with Gasteiger partial charge in [-0.25, -0.2) is 4.79 Å². The van der Waals surface area contributed by atoms with Crippen LogP contribution >= 0.6 is 0 Å². The van der Waals surface area contributed by atoms with E-state index in [2.05, 4.69) is 12.1 Å². The zero-order valence-corrected chi connectivity index (χ0v) is 18.2. The summed E-state index contributed by atoms with van der Waals surface area (Å²) in [5.74, 6) is 2.21. The Morgan fingerprint density at radius 1 is 0.968 bits per heavy atom. The van der Waals surface area contributed by atoms with E-state index in [4.69, 9.17) is 19.2 Å². The normalized spacial score (nSPS) is 22.1. The van der Waals surface area contributed by atoms with Crippen LogP contribution in [0.15, 0.2) is 41.4 Å². The highest BCUT2D eigenvalue weighted by molar-refractivity contribution is 6.15. The molecule has 2 aliphatic carbocycles. The predicted molar refractivity (Wildman–Crippen MR) is 120 cm³/mol. The SMILES string of the molecule is COc1cc2c(cc1OC)[C@@H]1CCCC[C@@H]1N=C2c1ccc(C(=O)OCC2CC2)cc1. The van der Waals surface area contributed by atoms with Crippen LogP contribution in [-0.2, 0) is 4.74 Å². The molecule has 5 rings (SSSR count). The Bertz CT molecular complexity index is 1010. The first kappa shape index (κ1) is 20.1. The number of hydrogen-bond donors (Lipinski definition) is 0. The van der Waals surface area contributed by atoms with E-state index in [1.54, 1.807) is 14.2 Å². The molecule has 3 aliphatic rings. The molecular weight excluding hydrogens is 390 g/mol. The van der Waals surface area contributed by atoms with Gasteiger partial charge in [0.25, 0.3) is 0 Å². The van der Waals surface area contributed by atoms with Crippen molar-refractivity contribution in [2.45, 2.75) is 50.5 Å². The molecule has 2 aromatic carbocycles. The Morgan fingerprint density at radius 2 is 1.68 bits per heavy atom. The zero-order chi connectivity index (χ0) is 21.4. The molecule has 0 bridgehead atoms. The summed E-state index contributed by atoms with van der Waals surface area (Å²) in [5.41, 5.74) is 4.96. The van der Waals surface area contributed by atoms with Crippen molar-refractivity contribution in [3.63, 3.8) is 0 Å². The molecule has 0 saturated heterocycles. The molecule has 2 atom stereocenters. The first-order chi connectivity index (χ1) is 15.2. The van der Waals surface area contributed by atoms with E-state index in [-0.39, 0.29) is 12.0 Å². The van der Waals surface area contributed by atoms with Gasteiger partial charge in [-0.2, -0.15) is 0 Å². The summed E-state index contributed by atoms with van der Waals surface area (Å²) in [7, 11) is 3.34. The zero-order valence-electron chi connectivity index (χ0n) is 18.2. The van der Waals surface area contributed by atoms with Crippen LogP contribution in [0.1, 0.15) is 71.5 Å². The third-order valence-corrected chi connectivity index (χ3v) is 6.78. The second kappa shape index (κ2) is 8.37. The van der Waals surface area contributed by atoms with Crippen LogP contribution in [0.3, 0.4) is 0 Å². The van der Waals surface area contributed by atoms with Crippen LogP contribution in [0, 0.1) is 5.92 Å². The topological polar surface area (TPSA) is 57.1 Å². The fourth-order valence-electron chi connectivity index (χ4n) is 4.83. The van der Waals surface area contributed by atoms with Crippen LogP contribution in [-0.4, -0.2) is 38.5 Å². The molecule has 0 radical (unpaired) electrons. The molecule has 1 heterocycles. The molecule has 2 saturated carbocycles. The number of methoxy groups -OCH3 is 2. The molecule has 0 unspecified atom stereocenters. The summed E-state index contributed by atoms with van der Waals surface area (Å²) in [6, 6.07) is 12.1. The van der Waals surface area contributed by atoms with Crippen LogP contribution in [0.4, 0.5) is 0 Å². The van der Waals surface area contributed by atoms with Gasteiger partial charge in [0.2, 0.25) is 0 Å². The molecular formula is C26H29NO4. The number of esters is 1. The lowest BCUT2D eigenvalue weighted by Gasteiger charge is -2.35. The van der Waals surface area contributed by atoms with Crippen molar-refractivity contribution in [2.24, 2.45) is 10.9 Å². The second-order valence-corrected chi connectivity index (χ2v) is 8.85. The molecule has 0 amide bonds. The summed E-state index contributed by atoms with van der Waals surface area (Å²) in [5, 5.41) is 0. The van der Waals surface area contributed by atoms with Crippen molar-refractivity contribution in [1.82, 2.24) is 0 Å². The van der Waals surface area contributed by atoms with Crippen molar-refractivity contribution >= 4 is 11.7 Å². The third-order valence-electron chi connectivity index (χ3n) is 6.78. The van der Waals surface area contributed by atoms with E-state index < -0.39 is 0 Å². The van der Waals surface area contributed by atoms with Crippen molar-refractivity contribution in [3.05, 3.63) is 58.7 Å². The molecule has 162 valence electrons. The molecule has 0 N–H and O–H groups in total. The number of nitrogens with zero attached hydrogens (tertiary/aromatic N) is 1. The third kappa shape index (κ3) is 3.93. The highest BCUT2D eigenvalue weighted by Crippen LogP contribution is 2.44. The van der Waals surface area contributed by atoms with E-state index in [1.807, 2.05) is 24.3 Å². The Morgan fingerprint density at radius 3 is 2.39 bits per heavy atom. The lowest BCUT2D eigenvalue weighted by Crippen LogP contribution is -2.29. The second-order valence-electron chi connectivity index (χ2n) is 8.85. The fourth-order valence-corrected chi connectivity index (χ4v) is 4.83. The average Bonchev–Trinajstić information content (AvgIpc) is 3.65. The lowest BCUT2D eigenvalue weighted by molar-refractivity contribution is 0.0486. The maximum atomic E-state index is 12.3. The average molecular weight is 420 g/mol. The molecule has 2 aromatic rings. The van der Waals surface area contributed by atoms with Crippen LogP contribution in [0.5, 0.6) is 11.5 Å². The van der Waals surface area contributed by atoms with Crippen molar-refractivity contribution in [2.75, 3.05) is 20.8 Å². The van der Waals surface area contributed by atoms with Crippen LogP contribution in [0.25, 0.3) is 0 Å². The van der Waals surface area contributed by atoms with Crippen LogP contribution < -0.4 is 9.47 Å². The van der Waals surface area contributed by atoms with E-state index in [0.717, 1.165) is 35.4 Å². The summed E-state index contributed by atoms with van der Waals surface area (Å²) in [4.78, 5) is 17.5. The number of carbonyl (C=O) groups is 1. The minimum atomic E-state index is -0.247. The van der Waals surface area contributed by atoms with Gasteiger partial charge in [0.15, 0.2) is 11.5 Å². The monoisotopic (exact) mass is 419 g/mol. The number of benzene rings is 2. The quantitative estimate of drug-likeness (QED) is 0.608. The van der Waals surface area contributed by atoms with Gasteiger partial charge in [-0.1, -0.05) is 25.0 Å². The smallest absolute Gasteiger partial charge is 0.338 e. The standard InChI is InChI=1S/C26H29NO4/c1-29-23-13-20-19-5-3-4-6-22(19)27-25(21(20)14-24(23)30-2)17-9-11-18(12-10-17)26(28)31-15-16-7-8-16/h9-14,16,19,22H,3-8,15H2,1-2H3/t19-,22-/m0/s1. The molecule has 0 aromatic heterocycles. The Kier molecular flexibility index (Phi) is 5.43. The maximum Gasteiger partial charge on any atom is 0.338 e. The van der Waals surface area contributed by atoms with Gasteiger partial charge in [0.05, 0.1) is 38.1 Å². The van der Waals surface area contributed by atoms with Crippen molar-refractivity contribution < 1.29 is 19.0 Å². The summed E-state index contributed by atoms with van der Waals surface area (Å²) < 4.78 is 16.6. The van der Waals surface area contributed by atoms with Gasteiger partial charge in [-0.3, -0.25) is 4.99 Å². The minimum Gasteiger partial charge on any atom is -0.493 e. The predicted octanol–water partition coefficient (Wildman–Crippen LogP) is 5.15. The highest BCUT2D eigenvalue weighted by Gasteiger charge is 2.34. The number of ether oxygens (including phenoxy) is 3. The van der Waals surface area contributed by atoms with Gasteiger partial charge >= 0.3 is 5.97 Å². The first-order valence-electron chi connectivity index (χ1n) is 11.3. The Balaban J connectivity index is 1.49. The number of fused-ring (bicyclic) bond motifs is 3. The Hall–Kier alpha value is -2.82. The van der Waals surface area contributed by atoms with Gasteiger partial charge < -0.3 is 14.2 Å². The highest BCUT2D eigenvalue weighted by atomic mass is 16.5. The summed E-state index contributed by atoms with van der Waals surface area (Å²) >= 11 is 0. The van der Waals surface area contributed by atoms with Crippen LogP contribution in [0.2, 0.25) is 0 Å². The molecule has 0 spiro atoms. The van der Waals surface area contributed by atoms with Gasteiger partial charge in [0.1, 0.15) is 0 Å². The lowest BCUT2D eigenvalue weighted by atomic mass is 9.75. The summed E-state index contributed by atoms with van der Waals surface area (Å²) in [6.07, 6.45) is 7.04. The van der Waals surface area contributed by atoms with E-state index in [0.29, 0.717) is 29.8 Å². The number of hydrogen-bond acceptors (Lipinski definition) is 5. The van der Waals surface area contributed by atoms with E-state index >= 15 is 0 Å². The number of carbonyl (C=O) groups excluding carboxylic acids is 1. The van der Waals surface area contributed by atoms with Crippen molar-refractivity contribution in [1.29, 1.82) is 0 Å². The first-order valence-corrected chi connectivity index (χ1v) is 11.3. The van der Waals surface area contributed by atoms with Gasteiger partial charge in [-0.15, -0.1) is 0 Å². The maximum absolute atomic E-state index is 12.3. The molecule has 1 aliphatic heterocycles. The molecule has 31 heavy (non-hydrogen) atoms. The minimum absolute atomic E-state index is 0.247. The fraction of sp³-hybridized carbons (Fsp3) is 0.462. The van der Waals surface area contributed by atoms with E-state index in [1.165, 1.54) is 31.2 Å². The molecule has 5 nitrogen and oxygen atoms in total. The largest absolute Gasteiger partial charge is 0.493 e. The summed E-state index contributed by atoms with van der Waals surface area (Å²) in [6.45, 7) is 0.533. The van der Waals surface area contributed by atoms with Crippen molar-refractivity contribution in [3.8, 4) is 11.5 Å². The Labute approximate surface area is 183 Å². The van der Waals surface area contributed by atoms with Gasteiger partial charge in [-0.05, 0) is 61.4 Å². The molecule has 5 heteroatoms. The van der Waals surface area contributed by atoms with Gasteiger partial charge in [0, 0.05) is 17.0 Å². The molecule has 2 fully saturated rings. The number of aliphatic imine (C=N–C) groups is 1. The number of rotatable bonds is 6. The van der Waals surface area contributed by atoms with E-state index in [9.17, 15) is 4.79 Å².